The predicted molar refractivity (Wildman–Crippen MR) is 54.3 cm³/mol. The number of hydrogen-bond donors (Lipinski definition) is 2. The second-order valence-corrected chi connectivity index (χ2v) is 3.80. The van der Waals surface area contributed by atoms with E-state index in [-0.39, 0.29) is 5.56 Å². The van der Waals surface area contributed by atoms with Gasteiger partial charge in [0.2, 0.25) is 0 Å². The Bertz CT molecular complexity index is 368. The van der Waals surface area contributed by atoms with E-state index in [1.807, 2.05) is 0 Å². The van der Waals surface area contributed by atoms with Crippen molar-refractivity contribution < 1.29 is 0 Å². The minimum absolute atomic E-state index is 0.0566. The lowest BCUT2D eigenvalue weighted by molar-refractivity contribution is 0.672. The van der Waals surface area contributed by atoms with Crippen molar-refractivity contribution in [2.75, 3.05) is 6.54 Å². The fraction of sp³-hybridized carbons (Fsp3) is 0.600. The number of aromatic nitrogens is 2. The first-order valence-corrected chi connectivity index (χ1v) is 5.04. The number of hydrogen-bond acceptors (Lipinski definition) is 3. The standard InChI is InChI=1S/C10H15N3O/c1-7-12-9(6-10(14)13-7)4-5-11-8-2-3-8/h6,8,11H,2-5H2,1H3,(H,12,13,14). The van der Waals surface area contributed by atoms with Gasteiger partial charge in [-0.3, -0.25) is 4.79 Å². The number of aromatic amines is 1. The Labute approximate surface area is 82.8 Å². The first kappa shape index (κ1) is 9.40. The Morgan fingerprint density at radius 2 is 2.43 bits per heavy atom. The van der Waals surface area contributed by atoms with Crippen LogP contribution in [-0.4, -0.2) is 22.6 Å². The third kappa shape index (κ3) is 2.67. The Hall–Kier alpha value is -1.16. The molecular weight excluding hydrogens is 178 g/mol. The molecule has 4 heteroatoms. The van der Waals surface area contributed by atoms with Crippen molar-refractivity contribution >= 4 is 0 Å². The lowest BCUT2D eigenvalue weighted by Crippen LogP contribution is -2.21. The lowest BCUT2D eigenvalue weighted by atomic mass is 10.3. The summed E-state index contributed by atoms with van der Waals surface area (Å²) in [6.07, 6.45) is 3.42. The minimum Gasteiger partial charge on any atom is -0.314 e. The first-order chi connectivity index (χ1) is 6.74. The van der Waals surface area contributed by atoms with E-state index < -0.39 is 0 Å². The normalized spacial score (nSPS) is 15.8. The van der Waals surface area contributed by atoms with Gasteiger partial charge in [-0.15, -0.1) is 0 Å². The SMILES string of the molecule is Cc1nc(CCNC2CC2)cc(=O)[nH]1. The van der Waals surface area contributed by atoms with Crippen LogP contribution in [0.25, 0.3) is 0 Å². The van der Waals surface area contributed by atoms with Crippen molar-refractivity contribution in [3.63, 3.8) is 0 Å². The zero-order valence-corrected chi connectivity index (χ0v) is 8.34. The van der Waals surface area contributed by atoms with Crippen LogP contribution in [0.3, 0.4) is 0 Å². The number of nitrogens with zero attached hydrogens (tertiary/aromatic N) is 1. The largest absolute Gasteiger partial charge is 0.314 e. The molecule has 0 aliphatic heterocycles. The molecule has 0 atom stereocenters. The molecule has 0 bridgehead atoms. The van der Waals surface area contributed by atoms with E-state index in [9.17, 15) is 4.79 Å². The summed E-state index contributed by atoms with van der Waals surface area (Å²) in [5.74, 6) is 0.693. The monoisotopic (exact) mass is 193 g/mol. The molecule has 1 aromatic heterocycles. The third-order valence-electron chi connectivity index (χ3n) is 2.30. The van der Waals surface area contributed by atoms with Gasteiger partial charge in [0.05, 0.1) is 0 Å². The molecule has 1 aromatic rings. The van der Waals surface area contributed by atoms with Crippen molar-refractivity contribution in [2.45, 2.75) is 32.2 Å². The molecule has 1 fully saturated rings. The van der Waals surface area contributed by atoms with Crippen molar-refractivity contribution in [3.8, 4) is 0 Å². The Balaban J connectivity index is 1.90. The zero-order chi connectivity index (χ0) is 9.97. The minimum atomic E-state index is -0.0566. The number of aryl methyl sites for hydroxylation is 1. The van der Waals surface area contributed by atoms with Crippen LogP contribution in [0.4, 0.5) is 0 Å². The van der Waals surface area contributed by atoms with Crippen LogP contribution < -0.4 is 10.9 Å². The number of rotatable bonds is 4. The van der Waals surface area contributed by atoms with E-state index in [1.165, 1.54) is 12.8 Å². The Kier molecular flexibility index (Phi) is 2.63. The van der Waals surface area contributed by atoms with Crippen LogP contribution in [0.5, 0.6) is 0 Å². The maximum Gasteiger partial charge on any atom is 0.251 e. The molecule has 0 unspecified atom stereocenters. The van der Waals surface area contributed by atoms with Crippen molar-refractivity contribution in [1.82, 2.24) is 15.3 Å². The predicted octanol–water partition coefficient (Wildman–Crippen LogP) is 0.373. The maximum atomic E-state index is 11.1. The van der Waals surface area contributed by atoms with E-state index in [4.69, 9.17) is 0 Å². The van der Waals surface area contributed by atoms with Gasteiger partial charge in [-0.1, -0.05) is 0 Å². The summed E-state index contributed by atoms with van der Waals surface area (Å²) in [6, 6.07) is 2.29. The average Bonchev–Trinajstić information content (AvgIpc) is 2.86. The van der Waals surface area contributed by atoms with Crippen molar-refractivity contribution in [2.24, 2.45) is 0 Å². The average molecular weight is 193 g/mol. The van der Waals surface area contributed by atoms with E-state index in [1.54, 1.807) is 13.0 Å². The van der Waals surface area contributed by atoms with Crippen LogP contribution in [0.1, 0.15) is 24.4 Å². The topological polar surface area (TPSA) is 57.8 Å². The summed E-state index contributed by atoms with van der Waals surface area (Å²) < 4.78 is 0. The molecule has 0 aromatic carbocycles. The Morgan fingerprint density at radius 3 is 3.07 bits per heavy atom. The fourth-order valence-electron chi connectivity index (χ4n) is 1.46. The summed E-state index contributed by atoms with van der Waals surface area (Å²) in [4.78, 5) is 18.0. The van der Waals surface area contributed by atoms with Gasteiger partial charge in [0.1, 0.15) is 5.82 Å². The first-order valence-electron chi connectivity index (χ1n) is 5.04. The van der Waals surface area contributed by atoms with E-state index in [0.717, 1.165) is 24.7 Å². The molecule has 2 rings (SSSR count). The molecule has 1 saturated carbocycles. The summed E-state index contributed by atoms with van der Waals surface area (Å²) in [5.41, 5.74) is 0.818. The summed E-state index contributed by atoms with van der Waals surface area (Å²) in [7, 11) is 0. The summed E-state index contributed by atoms with van der Waals surface area (Å²) in [6.45, 7) is 2.72. The van der Waals surface area contributed by atoms with Gasteiger partial charge in [0.25, 0.3) is 5.56 Å². The van der Waals surface area contributed by atoms with E-state index in [2.05, 4.69) is 15.3 Å². The van der Waals surface area contributed by atoms with Gasteiger partial charge in [-0.05, 0) is 19.8 Å². The maximum absolute atomic E-state index is 11.1. The highest BCUT2D eigenvalue weighted by molar-refractivity contribution is 5.02. The molecular formula is C10H15N3O. The quantitative estimate of drug-likeness (QED) is 0.726. The fourth-order valence-corrected chi connectivity index (χ4v) is 1.46. The van der Waals surface area contributed by atoms with E-state index >= 15 is 0 Å². The van der Waals surface area contributed by atoms with Gasteiger partial charge in [0.15, 0.2) is 0 Å². The molecule has 1 heterocycles. The van der Waals surface area contributed by atoms with Crippen LogP contribution in [-0.2, 0) is 6.42 Å². The summed E-state index contributed by atoms with van der Waals surface area (Å²) in [5, 5.41) is 3.39. The molecule has 0 saturated heterocycles. The van der Waals surface area contributed by atoms with Crippen molar-refractivity contribution in [3.05, 3.63) is 27.9 Å². The smallest absolute Gasteiger partial charge is 0.251 e. The van der Waals surface area contributed by atoms with Gasteiger partial charge < -0.3 is 10.3 Å². The van der Waals surface area contributed by atoms with Crippen LogP contribution in [0, 0.1) is 6.92 Å². The molecule has 4 nitrogen and oxygen atoms in total. The second kappa shape index (κ2) is 3.92. The molecule has 2 N–H and O–H groups in total. The molecule has 0 radical (unpaired) electrons. The van der Waals surface area contributed by atoms with E-state index in [0.29, 0.717) is 5.82 Å². The van der Waals surface area contributed by atoms with Crippen LogP contribution in [0.15, 0.2) is 10.9 Å². The summed E-state index contributed by atoms with van der Waals surface area (Å²) >= 11 is 0. The van der Waals surface area contributed by atoms with Gasteiger partial charge in [0, 0.05) is 30.8 Å². The molecule has 76 valence electrons. The molecule has 1 aliphatic carbocycles. The number of H-pyrrole nitrogens is 1. The highest BCUT2D eigenvalue weighted by Crippen LogP contribution is 2.18. The number of nitrogens with one attached hydrogen (secondary N) is 2. The van der Waals surface area contributed by atoms with Crippen LogP contribution in [0.2, 0.25) is 0 Å². The molecule has 1 aliphatic rings. The van der Waals surface area contributed by atoms with Crippen molar-refractivity contribution in [1.29, 1.82) is 0 Å². The van der Waals surface area contributed by atoms with Gasteiger partial charge >= 0.3 is 0 Å². The zero-order valence-electron chi connectivity index (χ0n) is 8.34. The van der Waals surface area contributed by atoms with Gasteiger partial charge in [-0.2, -0.15) is 0 Å². The second-order valence-electron chi connectivity index (χ2n) is 3.80. The molecule has 0 amide bonds. The molecule has 0 spiro atoms. The highest BCUT2D eigenvalue weighted by Gasteiger charge is 2.19. The third-order valence-corrected chi connectivity index (χ3v) is 2.30. The van der Waals surface area contributed by atoms with Crippen LogP contribution >= 0.6 is 0 Å². The van der Waals surface area contributed by atoms with Gasteiger partial charge in [-0.25, -0.2) is 4.98 Å². The lowest BCUT2D eigenvalue weighted by Gasteiger charge is -2.02. The molecule has 14 heavy (non-hydrogen) atoms. The highest BCUT2D eigenvalue weighted by atomic mass is 16.1. The Morgan fingerprint density at radius 1 is 1.64 bits per heavy atom.